The Kier molecular flexibility index (Phi) is 4.70. The maximum absolute atomic E-state index is 12.0. The number of para-hydroxylation sites is 1. The summed E-state index contributed by atoms with van der Waals surface area (Å²) in [6.07, 6.45) is -4.68. The van der Waals surface area contributed by atoms with Crippen LogP contribution in [0.15, 0.2) is 48.5 Å². The smallest absolute Gasteiger partial charge is 0.508 e. The molecule has 0 saturated carbocycles. The standard InChI is InChI=1S/C15H14F3NO2/c16-15(17,18)21-13-7-5-11(6-8-13)9-19-10-12-3-1-2-4-14(12)20/h1-8,19-20H,9-10H2. The zero-order valence-corrected chi connectivity index (χ0v) is 11.0. The molecule has 0 fully saturated rings. The fourth-order valence-corrected chi connectivity index (χ4v) is 1.81. The summed E-state index contributed by atoms with van der Waals surface area (Å²) in [5.74, 6) is -0.0362. The molecule has 112 valence electrons. The number of aromatic hydroxyl groups is 1. The normalized spacial score (nSPS) is 11.4. The third kappa shape index (κ3) is 5.00. The topological polar surface area (TPSA) is 41.5 Å². The molecule has 0 aliphatic carbocycles. The second kappa shape index (κ2) is 6.49. The highest BCUT2D eigenvalue weighted by Gasteiger charge is 2.30. The van der Waals surface area contributed by atoms with Crippen LogP contribution < -0.4 is 10.1 Å². The van der Waals surface area contributed by atoms with Gasteiger partial charge in [-0.3, -0.25) is 0 Å². The molecule has 2 N–H and O–H groups in total. The lowest BCUT2D eigenvalue weighted by Crippen LogP contribution is -2.17. The summed E-state index contributed by atoms with van der Waals surface area (Å²) >= 11 is 0. The Morgan fingerprint density at radius 2 is 1.62 bits per heavy atom. The van der Waals surface area contributed by atoms with Crippen LogP contribution in [0.2, 0.25) is 0 Å². The van der Waals surface area contributed by atoms with E-state index >= 15 is 0 Å². The molecular weight excluding hydrogens is 283 g/mol. The van der Waals surface area contributed by atoms with Crippen LogP contribution in [0.3, 0.4) is 0 Å². The fraction of sp³-hybridized carbons (Fsp3) is 0.200. The van der Waals surface area contributed by atoms with Gasteiger partial charge in [-0.1, -0.05) is 30.3 Å². The number of phenolic OH excluding ortho intramolecular Hbond substituents is 1. The Morgan fingerprint density at radius 3 is 2.24 bits per heavy atom. The van der Waals surface area contributed by atoms with Crippen molar-refractivity contribution in [2.45, 2.75) is 19.5 Å². The Morgan fingerprint density at radius 1 is 0.952 bits per heavy atom. The van der Waals surface area contributed by atoms with Crippen molar-refractivity contribution in [3.63, 3.8) is 0 Å². The van der Waals surface area contributed by atoms with Crippen molar-refractivity contribution in [3.8, 4) is 11.5 Å². The van der Waals surface area contributed by atoms with Crippen LogP contribution in [0.5, 0.6) is 11.5 Å². The molecule has 0 unspecified atom stereocenters. The average molecular weight is 297 g/mol. The van der Waals surface area contributed by atoms with Gasteiger partial charge in [0.05, 0.1) is 0 Å². The maximum Gasteiger partial charge on any atom is 0.573 e. The number of hydrogen-bond donors (Lipinski definition) is 2. The van der Waals surface area contributed by atoms with E-state index in [0.717, 1.165) is 11.1 Å². The Labute approximate surface area is 120 Å². The van der Waals surface area contributed by atoms with Gasteiger partial charge in [-0.15, -0.1) is 13.2 Å². The maximum atomic E-state index is 12.0. The summed E-state index contributed by atoms with van der Waals surface area (Å²) in [6.45, 7) is 0.939. The van der Waals surface area contributed by atoms with Gasteiger partial charge in [0.2, 0.25) is 0 Å². The highest BCUT2D eigenvalue weighted by molar-refractivity contribution is 5.32. The summed E-state index contributed by atoms with van der Waals surface area (Å²) in [5, 5.41) is 12.7. The molecule has 0 amide bonds. The van der Waals surface area contributed by atoms with E-state index in [1.807, 2.05) is 6.07 Å². The number of rotatable bonds is 5. The Bertz CT molecular complexity index is 582. The van der Waals surface area contributed by atoms with E-state index in [4.69, 9.17) is 0 Å². The Balaban J connectivity index is 1.85. The SMILES string of the molecule is Oc1ccccc1CNCc1ccc(OC(F)(F)F)cc1. The molecule has 0 atom stereocenters. The van der Waals surface area contributed by atoms with Crippen LogP contribution in [0.1, 0.15) is 11.1 Å². The lowest BCUT2D eigenvalue weighted by molar-refractivity contribution is -0.274. The number of alkyl halides is 3. The van der Waals surface area contributed by atoms with E-state index in [0.29, 0.717) is 13.1 Å². The molecule has 3 nitrogen and oxygen atoms in total. The molecule has 2 rings (SSSR count). The molecule has 0 aromatic heterocycles. The molecule has 2 aromatic rings. The number of hydrogen-bond acceptors (Lipinski definition) is 3. The minimum absolute atomic E-state index is 0.207. The molecule has 2 aromatic carbocycles. The third-order valence-electron chi connectivity index (χ3n) is 2.79. The molecule has 0 aliphatic heterocycles. The van der Waals surface area contributed by atoms with Crippen molar-refractivity contribution in [2.24, 2.45) is 0 Å². The van der Waals surface area contributed by atoms with Crippen molar-refractivity contribution < 1.29 is 23.0 Å². The molecule has 0 bridgehead atoms. The van der Waals surface area contributed by atoms with Crippen LogP contribution in [-0.2, 0) is 13.1 Å². The largest absolute Gasteiger partial charge is 0.573 e. The van der Waals surface area contributed by atoms with Crippen molar-refractivity contribution in [1.82, 2.24) is 5.32 Å². The van der Waals surface area contributed by atoms with Crippen LogP contribution >= 0.6 is 0 Å². The van der Waals surface area contributed by atoms with E-state index in [1.54, 1.807) is 30.3 Å². The number of halogens is 3. The zero-order chi connectivity index (χ0) is 15.3. The third-order valence-corrected chi connectivity index (χ3v) is 2.79. The molecule has 21 heavy (non-hydrogen) atoms. The van der Waals surface area contributed by atoms with Gasteiger partial charge in [-0.25, -0.2) is 0 Å². The van der Waals surface area contributed by atoms with Crippen LogP contribution in [-0.4, -0.2) is 11.5 Å². The lowest BCUT2D eigenvalue weighted by atomic mass is 10.2. The first-order chi connectivity index (χ1) is 9.94. The lowest BCUT2D eigenvalue weighted by Gasteiger charge is -2.10. The monoisotopic (exact) mass is 297 g/mol. The first-order valence-corrected chi connectivity index (χ1v) is 6.26. The van der Waals surface area contributed by atoms with Crippen LogP contribution in [0.4, 0.5) is 13.2 Å². The van der Waals surface area contributed by atoms with Gasteiger partial charge in [0.15, 0.2) is 0 Å². The number of phenols is 1. The van der Waals surface area contributed by atoms with E-state index in [-0.39, 0.29) is 11.5 Å². The van der Waals surface area contributed by atoms with Crippen LogP contribution in [0, 0.1) is 0 Å². The van der Waals surface area contributed by atoms with E-state index in [1.165, 1.54) is 12.1 Å². The summed E-state index contributed by atoms with van der Waals surface area (Å²) < 4.78 is 39.8. The number of benzene rings is 2. The van der Waals surface area contributed by atoms with Gasteiger partial charge >= 0.3 is 6.36 Å². The molecule has 0 heterocycles. The number of nitrogens with one attached hydrogen (secondary N) is 1. The molecule has 0 radical (unpaired) electrons. The summed E-state index contributed by atoms with van der Waals surface area (Å²) in [6, 6.07) is 12.6. The van der Waals surface area contributed by atoms with Crippen molar-refractivity contribution in [3.05, 3.63) is 59.7 Å². The highest BCUT2D eigenvalue weighted by atomic mass is 19.4. The minimum Gasteiger partial charge on any atom is -0.508 e. The second-order valence-electron chi connectivity index (χ2n) is 4.42. The predicted molar refractivity (Wildman–Crippen MR) is 71.8 cm³/mol. The van der Waals surface area contributed by atoms with Gasteiger partial charge in [0.25, 0.3) is 0 Å². The van der Waals surface area contributed by atoms with E-state index in [2.05, 4.69) is 10.1 Å². The first-order valence-electron chi connectivity index (χ1n) is 6.26. The predicted octanol–water partition coefficient (Wildman–Crippen LogP) is 3.58. The summed E-state index contributed by atoms with van der Waals surface area (Å²) in [5.41, 5.74) is 1.58. The molecule has 0 aliphatic rings. The van der Waals surface area contributed by atoms with Gasteiger partial charge in [0, 0.05) is 18.7 Å². The van der Waals surface area contributed by atoms with Crippen molar-refractivity contribution >= 4 is 0 Å². The zero-order valence-electron chi connectivity index (χ0n) is 11.0. The number of ether oxygens (including phenoxy) is 1. The summed E-state index contributed by atoms with van der Waals surface area (Å²) in [7, 11) is 0. The van der Waals surface area contributed by atoms with E-state index in [9.17, 15) is 18.3 Å². The highest BCUT2D eigenvalue weighted by Crippen LogP contribution is 2.22. The summed E-state index contributed by atoms with van der Waals surface area (Å²) in [4.78, 5) is 0. The average Bonchev–Trinajstić information content (AvgIpc) is 2.41. The van der Waals surface area contributed by atoms with Gasteiger partial charge in [-0.2, -0.15) is 0 Å². The molecule has 0 spiro atoms. The van der Waals surface area contributed by atoms with Gasteiger partial charge in [0.1, 0.15) is 11.5 Å². The fourth-order valence-electron chi connectivity index (χ4n) is 1.81. The van der Waals surface area contributed by atoms with Gasteiger partial charge < -0.3 is 15.2 Å². The van der Waals surface area contributed by atoms with Gasteiger partial charge in [-0.05, 0) is 23.8 Å². The van der Waals surface area contributed by atoms with Crippen molar-refractivity contribution in [1.29, 1.82) is 0 Å². The molecule has 6 heteroatoms. The van der Waals surface area contributed by atoms with Crippen molar-refractivity contribution in [2.75, 3.05) is 0 Å². The first kappa shape index (κ1) is 15.2. The second-order valence-corrected chi connectivity index (χ2v) is 4.42. The molecular formula is C15H14F3NO2. The molecule has 0 saturated heterocycles. The Hall–Kier alpha value is -2.21. The van der Waals surface area contributed by atoms with Crippen LogP contribution in [0.25, 0.3) is 0 Å². The van der Waals surface area contributed by atoms with E-state index < -0.39 is 6.36 Å². The quantitative estimate of drug-likeness (QED) is 0.886. The minimum atomic E-state index is -4.68.